The lowest BCUT2D eigenvalue weighted by Crippen LogP contribution is -2.27. The Morgan fingerprint density at radius 3 is 1.56 bits per heavy atom. The van der Waals surface area contributed by atoms with E-state index in [0.717, 1.165) is 4.73 Å². The van der Waals surface area contributed by atoms with Gasteiger partial charge in [0.05, 0.1) is 47.4 Å². The van der Waals surface area contributed by atoms with E-state index in [0.29, 0.717) is 73.0 Å². The molecule has 1 aliphatic heterocycles. The monoisotopic (exact) mass is 573 g/mol. The number of nitrogens with two attached hydrogens (primary N) is 2. The van der Waals surface area contributed by atoms with Crippen LogP contribution in [0, 0.1) is 0 Å². The first kappa shape index (κ1) is 33.4. The molecule has 41 heavy (non-hydrogen) atoms. The topological polar surface area (TPSA) is 288 Å². The number of rotatable bonds is 8. The van der Waals surface area contributed by atoms with Gasteiger partial charge in [-0.25, -0.2) is 23.9 Å². The Kier molecular flexibility index (Phi) is 13.3. The van der Waals surface area contributed by atoms with Gasteiger partial charge in [-0.3, -0.25) is 14.8 Å². The number of aromatic hydroxyl groups is 1. The fraction of sp³-hybridized carbons (Fsp3) is 0.160. The number of pyridine rings is 1. The Balaban J connectivity index is 0.000000433. The van der Waals surface area contributed by atoms with E-state index in [1.807, 2.05) is 0 Å². The van der Waals surface area contributed by atoms with Crippen LogP contribution in [0.4, 0.5) is 0 Å². The van der Waals surface area contributed by atoms with Gasteiger partial charge in [0, 0.05) is 49.2 Å². The van der Waals surface area contributed by atoms with E-state index in [2.05, 4.69) is 9.98 Å². The molecule has 0 unspecified atom stereocenters. The molecule has 0 fully saturated rings. The number of hydrogen-bond acceptors (Lipinski definition) is 11. The van der Waals surface area contributed by atoms with E-state index in [1.54, 1.807) is 12.2 Å². The Labute approximate surface area is 231 Å². The quantitative estimate of drug-likeness (QED) is 0.144. The summed E-state index contributed by atoms with van der Waals surface area (Å²) in [5, 5.41) is 51.6. The van der Waals surface area contributed by atoms with Crippen LogP contribution in [0.25, 0.3) is 11.1 Å². The van der Waals surface area contributed by atoms with Crippen LogP contribution in [-0.4, -0.2) is 96.9 Å². The van der Waals surface area contributed by atoms with Crippen molar-refractivity contribution in [2.24, 2.45) is 21.5 Å². The van der Waals surface area contributed by atoms with Crippen molar-refractivity contribution >= 4 is 35.3 Å². The number of nitrogens with zero attached hydrogens (tertiary/aromatic N) is 3. The van der Waals surface area contributed by atoms with E-state index >= 15 is 0 Å². The highest BCUT2D eigenvalue weighted by Gasteiger charge is 2.28. The summed E-state index contributed by atoms with van der Waals surface area (Å²) in [6, 6.07) is 1.47. The molecule has 16 heteroatoms. The average Bonchev–Trinajstić information content (AvgIpc) is 2.91. The first-order valence-electron chi connectivity index (χ1n) is 11.4. The molecule has 3 aliphatic rings. The van der Waals surface area contributed by atoms with E-state index in [9.17, 15) is 34.3 Å². The molecule has 0 atom stereocenters. The second kappa shape index (κ2) is 16.4. The van der Waals surface area contributed by atoms with Gasteiger partial charge in [-0.2, -0.15) is 0 Å². The number of phenols is 1. The first-order valence-corrected chi connectivity index (χ1v) is 11.4. The first-order chi connectivity index (χ1) is 19.3. The van der Waals surface area contributed by atoms with Crippen molar-refractivity contribution in [2.75, 3.05) is 26.2 Å². The van der Waals surface area contributed by atoms with Gasteiger partial charge in [0.2, 0.25) is 0 Å². The standard InChI is InChI=1S/C17H19N5O3.2C4H4O4/c18-4-6-20-12-1-2-13(21-7-5-19)15-14(12)16(23)10-3-8-22(25)9-11(10)17(15)24;2*5-3(6)1-2-4(7)8/h1-3,8-9,23,25H,4-7,18-19H2;2*1-2H,(H,5,6)(H,7,8). The van der Waals surface area contributed by atoms with Crippen LogP contribution in [0.3, 0.4) is 0 Å². The summed E-state index contributed by atoms with van der Waals surface area (Å²) >= 11 is 0. The van der Waals surface area contributed by atoms with Crippen molar-refractivity contribution < 1.29 is 49.9 Å². The molecule has 0 saturated carbocycles. The molecule has 2 aliphatic carbocycles. The van der Waals surface area contributed by atoms with Crippen LogP contribution in [0.5, 0.6) is 5.75 Å². The van der Waals surface area contributed by atoms with Gasteiger partial charge in [-0.15, -0.1) is 0 Å². The predicted octanol–water partition coefficient (Wildman–Crippen LogP) is -0.615. The molecule has 0 saturated heterocycles. The van der Waals surface area contributed by atoms with Crippen LogP contribution < -0.4 is 16.9 Å². The maximum absolute atomic E-state index is 13.0. The average molecular weight is 574 g/mol. The van der Waals surface area contributed by atoms with Crippen molar-refractivity contribution in [3.8, 4) is 16.9 Å². The third-order valence-corrected chi connectivity index (χ3v) is 4.63. The molecule has 0 bridgehead atoms. The van der Waals surface area contributed by atoms with Crippen LogP contribution in [0.2, 0.25) is 0 Å². The van der Waals surface area contributed by atoms with Crippen molar-refractivity contribution in [1.82, 2.24) is 4.73 Å². The molecule has 0 aromatic heterocycles. The number of phenolic OH excluding ortho intramolecular Hbond substituents is 1. The largest absolute Gasteiger partial charge is 0.507 e. The highest BCUT2D eigenvalue weighted by molar-refractivity contribution is 6.27. The molecule has 10 N–H and O–H groups in total. The van der Waals surface area contributed by atoms with Gasteiger partial charge >= 0.3 is 23.9 Å². The molecule has 0 amide bonds. The number of fused-ring (bicyclic) bond motifs is 2. The molecule has 0 spiro atoms. The third-order valence-electron chi connectivity index (χ3n) is 4.63. The summed E-state index contributed by atoms with van der Waals surface area (Å²) in [5.41, 5.74) is 12.7. The minimum atomic E-state index is -1.26. The normalized spacial score (nSPS) is 13.9. The Hall–Kier alpha value is -5.61. The number of aromatic nitrogens is 1. The molecule has 1 heterocycles. The third kappa shape index (κ3) is 10.6. The Morgan fingerprint density at radius 2 is 1.17 bits per heavy atom. The zero-order chi connectivity index (χ0) is 31.1. The molecule has 0 aromatic rings. The molecular formula is C25H27N5O11. The maximum atomic E-state index is 13.0. The lowest BCUT2D eigenvalue weighted by molar-refractivity contribution is -0.134. The maximum Gasteiger partial charge on any atom is 0.328 e. The van der Waals surface area contributed by atoms with Gasteiger partial charge in [0.15, 0.2) is 5.43 Å². The SMILES string of the molecule is NCCN=C1C=CC(=NCCN)c2c1c(O)c1ccn(O)cc-1c2=O.O=C(O)C=CC(=O)O.O=C(O)C=CC(=O)O. The minimum Gasteiger partial charge on any atom is -0.507 e. The van der Waals surface area contributed by atoms with Crippen LogP contribution in [0.15, 0.2) is 69.7 Å². The highest BCUT2D eigenvalue weighted by atomic mass is 16.5. The van der Waals surface area contributed by atoms with Gasteiger partial charge in [0.1, 0.15) is 5.75 Å². The number of aliphatic imine (C=N–C) groups is 2. The number of carboxylic acid groups (broad SMARTS) is 4. The summed E-state index contributed by atoms with van der Waals surface area (Å²) in [4.78, 5) is 59.9. The number of carboxylic acids is 4. The van der Waals surface area contributed by atoms with E-state index in [4.69, 9.17) is 31.9 Å². The number of hydrogen-bond donors (Lipinski definition) is 8. The van der Waals surface area contributed by atoms with Crippen molar-refractivity contribution in [3.63, 3.8) is 0 Å². The number of allylic oxidation sites excluding steroid dienone is 2. The zero-order valence-corrected chi connectivity index (χ0v) is 21.2. The second-order valence-electron chi connectivity index (χ2n) is 7.54. The molecule has 3 rings (SSSR count). The van der Waals surface area contributed by atoms with Crippen LogP contribution in [0.1, 0.15) is 11.1 Å². The lowest BCUT2D eigenvalue weighted by atomic mass is 9.86. The van der Waals surface area contributed by atoms with Crippen LogP contribution in [-0.2, 0) is 19.2 Å². The van der Waals surface area contributed by atoms with E-state index in [1.165, 1.54) is 18.5 Å². The summed E-state index contributed by atoms with van der Waals surface area (Å²) < 4.78 is 0.772. The zero-order valence-electron chi connectivity index (χ0n) is 21.2. The molecule has 218 valence electrons. The van der Waals surface area contributed by atoms with Gasteiger partial charge in [-0.05, 0) is 18.2 Å². The molecule has 0 radical (unpaired) electrons. The van der Waals surface area contributed by atoms with E-state index < -0.39 is 23.9 Å². The second-order valence-corrected chi connectivity index (χ2v) is 7.54. The number of benzene rings is 1. The Bertz CT molecular complexity index is 1400. The fourth-order valence-electron chi connectivity index (χ4n) is 3.11. The van der Waals surface area contributed by atoms with Gasteiger partial charge in [-0.1, -0.05) is 0 Å². The number of aliphatic carboxylic acids is 4. The fourth-order valence-corrected chi connectivity index (χ4v) is 3.11. The van der Waals surface area contributed by atoms with E-state index in [-0.39, 0.29) is 22.3 Å². The smallest absolute Gasteiger partial charge is 0.328 e. The Morgan fingerprint density at radius 1 is 0.756 bits per heavy atom. The summed E-state index contributed by atoms with van der Waals surface area (Å²) in [5.74, 6) is -5.11. The van der Waals surface area contributed by atoms with Crippen LogP contribution >= 0.6 is 0 Å². The summed E-state index contributed by atoms with van der Waals surface area (Å²) in [7, 11) is 0. The van der Waals surface area contributed by atoms with Gasteiger partial charge < -0.3 is 42.2 Å². The molecule has 16 nitrogen and oxygen atoms in total. The van der Waals surface area contributed by atoms with Crippen molar-refractivity contribution in [3.05, 3.63) is 76.3 Å². The summed E-state index contributed by atoms with van der Waals surface area (Å²) in [6.07, 6.45) is 8.21. The van der Waals surface area contributed by atoms with Gasteiger partial charge in [0.25, 0.3) is 0 Å². The summed E-state index contributed by atoms with van der Waals surface area (Å²) in [6.45, 7) is 1.40. The van der Waals surface area contributed by atoms with Crippen molar-refractivity contribution in [1.29, 1.82) is 0 Å². The lowest BCUT2D eigenvalue weighted by Gasteiger charge is -2.20. The van der Waals surface area contributed by atoms with Crippen molar-refractivity contribution in [2.45, 2.75) is 0 Å². The minimum absolute atomic E-state index is 0.0780. The molecule has 0 aromatic carbocycles. The highest BCUT2D eigenvalue weighted by Crippen LogP contribution is 2.35. The number of carbonyl (C=O) groups is 4. The molecular weight excluding hydrogens is 546 g/mol. The predicted molar refractivity (Wildman–Crippen MR) is 145 cm³/mol.